The maximum Gasteiger partial charge on any atom is 0.140 e. The number of aliphatic hydroxyl groups is 1. The summed E-state index contributed by atoms with van der Waals surface area (Å²) in [4.78, 5) is 1.04. The van der Waals surface area contributed by atoms with Gasteiger partial charge in [0.15, 0.2) is 0 Å². The quantitative estimate of drug-likeness (QED) is 0.867. The highest BCUT2D eigenvalue weighted by Gasteiger charge is 2.03. The summed E-state index contributed by atoms with van der Waals surface area (Å²) in [6.45, 7) is 0.0174. The van der Waals surface area contributed by atoms with E-state index in [-0.39, 0.29) is 12.2 Å². The van der Waals surface area contributed by atoms with Gasteiger partial charge in [0.05, 0.1) is 12.2 Å². The summed E-state index contributed by atoms with van der Waals surface area (Å²) in [6.07, 6.45) is 0. The molecule has 0 bridgehead atoms. The zero-order chi connectivity index (χ0) is 13.7. The third-order valence-corrected chi connectivity index (χ3v) is 3.70. The van der Waals surface area contributed by atoms with Crippen LogP contribution in [0.4, 0.5) is 4.39 Å². The molecule has 0 heterocycles. The SMILES string of the molecule is N#Cc1cc(CSc2cccc(CO)c2)ccc1F. The Morgan fingerprint density at radius 2 is 2.00 bits per heavy atom. The first-order valence-electron chi connectivity index (χ1n) is 5.74. The molecule has 0 fully saturated rings. The molecule has 0 saturated carbocycles. The molecule has 0 saturated heterocycles. The minimum absolute atomic E-state index is 0.0174. The third kappa shape index (κ3) is 3.57. The molecule has 1 N–H and O–H groups in total. The van der Waals surface area contributed by atoms with Gasteiger partial charge < -0.3 is 5.11 Å². The fraction of sp³-hybridized carbons (Fsp3) is 0.133. The minimum Gasteiger partial charge on any atom is -0.392 e. The topological polar surface area (TPSA) is 44.0 Å². The fourth-order valence-electron chi connectivity index (χ4n) is 1.65. The Hall–Kier alpha value is -1.83. The van der Waals surface area contributed by atoms with Crippen molar-refractivity contribution < 1.29 is 9.50 Å². The molecule has 96 valence electrons. The zero-order valence-electron chi connectivity index (χ0n) is 10.1. The highest BCUT2D eigenvalue weighted by molar-refractivity contribution is 7.98. The Balaban J connectivity index is 2.08. The van der Waals surface area contributed by atoms with Crippen molar-refractivity contribution in [2.24, 2.45) is 0 Å². The van der Waals surface area contributed by atoms with E-state index in [4.69, 9.17) is 10.4 Å². The molecule has 0 aliphatic heterocycles. The van der Waals surface area contributed by atoms with Gasteiger partial charge in [0.1, 0.15) is 11.9 Å². The second kappa shape index (κ2) is 6.37. The smallest absolute Gasteiger partial charge is 0.140 e. The minimum atomic E-state index is -0.487. The Labute approximate surface area is 115 Å². The highest BCUT2D eigenvalue weighted by atomic mass is 32.2. The van der Waals surface area contributed by atoms with Crippen molar-refractivity contribution in [1.29, 1.82) is 5.26 Å². The van der Waals surface area contributed by atoms with Crippen LogP contribution in [0.25, 0.3) is 0 Å². The molecule has 0 aliphatic carbocycles. The maximum absolute atomic E-state index is 13.2. The molecule has 2 nitrogen and oxygen atoms in total. The summed E-state index contributed by atoms with van der Waals surface area (Å²) in [5, 5.41) is 17.8. The first kappa shape index (κ1) is 13.6. The van der Waals surface area contributed by atoms with Crippen LogP contribution in [0.3, 0.4) is 0 Å². The molecular weight excluding hydrogens is 261 g/mol. The molecule has 2 aromatic carbocycles. The van der Waals surface area contributed by atoms with Gasteiger partial charge in [-0.15, -0.1) is 11.8 Å². The number of benzene rings is 2. The molecule has 0 aromatic heterocycles. The average Bonchev–Trinajstić information content (AvgIpc) is 2.46. The standard InChI is InChI=1S/C15H12FNOS/c16-15-5-4-12(6-13(15)8-17)10-19-14-3-1-2-11(7-14)9-18/h1-7,18H,9-10H2. The van der Waals surface area contributed by atoms with E-state index in [0.29, 0.717) is 5.75 Å². The van der Waals surface area contributed by atoms with Crippen LogP contribution in [0, 0.1) is 17.1 Å². The second-order valence-corrected chi connectivity index (χ2v) is 5.07. The van der Waals surface area contributed by atoms with Crippen LogP contribution < -0.4 is 0 Å². The van der Waals surface area contributed by atoms with Crippen LogP contribution in [0.15, 0.2) is 47.4 Å². The number of hydrogen-bond acceptors (Lipinski definition) is 3. The summed E-state index contributed by atoms with van der Waals surface area (Å²) >= 11 is 1.59. The third-order valence-electron chi connectivity index (χ3n) is 2.64. The summed E-state index contributed by atoms with van der Waals surface area (Å²) < 4.78 is 13.2. The summed E-state index contributed by atoms with van der Waals surface area (Å²) in [5.74, 6) is 0.169. The predicted octanol–water partition coefficient (Wildman–Crippen LogP) is 3.48. The summed E-state index contributed by atoms with van der Waals surface area (Å²) in [5.41, 5.74) is 1.83. The molecule has 0 unspecified atom stereocenters. The van der Waals surface area contributed by atoms with Gasteiger partial charge in [0, 0.05) is 10.6 Å². The lowest BCUT2D eigenvalue weighted by Crippen LogP contribution is -1.88. The first-order chi connectivity index (χ1) is 9.22. The van der Waals surface area contributed by atoms with Gasteiger partial charge in [-0.05, 0) is 35.4 Å². The monoisotopic (exact) mass is 273 g/mol. The summed E-state index contributed by atoms with van der Waals surface area (Å²) in [6, 6.07) is 14.0. The molecule has 0 amide bonds. The van der Waals surface area contributed by atoms with Crippen molar-refractivity contribution in [2.45, 2.75) is 17.3 Å². The van der Waals surface area contributed by atoms with Gasteiger partial charge >= 0.3 is 0 Å². The Kier molecular flexibility index (Phi) is 4.56. The number of nitriles is 1. The van der Waals surface area contributed by atoms with E-state index >= 15 is 0 Å². The molecule has 2 rings (SSSR count). The Morgan fingerprint density at radius 3 is 2.74 bits per heavy atom. The number of thioether (sulfide) groups is 1. The van der Waals surface area contributed by atoms with Crippen LogP contribution >= 0.6 is 11.8 Å². The van der Waals surface area contributed by atoms with E-state index in [1.54, 1.807) is 23.9 Å². The zero-order valence-corrected chi connectivity index (χ0v) is 11.0. The van der Waals surface area contributed by atoms with E-state index < -0.39 is 5.82 Å². The van der Waals surface area contributed by atoms with Crippen molar-refractivity contribution in [3.8, 4) is 6.07 Å². The Bertz CT molecular complexity index is 622. The second-order valence-electron chi connectivity index (χ2n) is 4.02. The van der Waals surface area contributed by atoms with Gasteiger partial charge in [0.2, 0.25) is 0 Å². The van der Waals surface area contributed by atoms with Crippen molar-refractivity contribution >= 4 is 11.8 Å². The van der Waals surface area contributed by atoms with Crippen LogP contribution in [0.5, 0.6) is 0 Å². The number of nitrogens with zero attached hydrogens (tertiary/aromatic N) is 1. The normalized spacial score (nSPS) is 10.2. The molecular formula is C15H12FNOS. The van der Waals surface area contributed by atoms with Crippen molar-refractivity contribution in [3.63, 3.8) is 0 Å². The Morgan fingerprint density at radius 1 is 1.16 bits per heavy atom. The lowest BCUT2D eigenvalue weighted by atomic mass is 10.1. The number of aliphatic hydroxyl groups excluding tert-OH is 1. The van der Waals surface area contributed by atoms with Crippen LogP contribution in [0.2, 0.25) is 0 Å². The van der Waals surface area contributed by atoms with Crippen molar-refractivity contribution in [3.05, 3.63) is 65.0 Å². The van der Waals surface area contributed by atoms with Gasteiger partial charge in [-0.3, -0.25) is 0 Å². The van der Waals surface area contributed by atoms with E-state index in [2.05, 4.69) is 0 Å². The van der Waals surface area contributed by atoms with Gasteiger partial charge in [-0.1, -0.05) is 18.2 Å². The van der Waals surface area contributed by atoms with E-state index in [0.717, 1.165) is 16.0 Å². The largest absolute Gasteiger partial charge is 0.392 e. The lowest BCUT2D eigenvalue weighted by molar-refractivity contribution is 0.281. The molecule has 4 heteroatoms. The van der Waals surface area contributed by atoms with E-state index in [1.165, 1.54) is 6.07 Å². The van der Waals surface area contributed by atoms with Gasteiger partial charge in [0.25, 0.3) is 0 Å². The number of halogens is 1. The van der Waals surface area contributed by atoms with Crippen molar-refractivity contribution in [2.75, 3.05) is 0 Å². The molecule has 19 heavy (non-hydrogen) atoms. The van der Waals surface area contributed by atoms with E-state index in [1.807, 2.05) is 30.3 Å². The highest BCUT2D eigenvalue weighted by Crippen LogP contribution is 2.24. The molecule has 0 aliphatic rings. The number of hydrogen-bond donors (Lipinski definition) is 1. The van der Waals surface area contributed by atoms with Gasteiger partial charge in [-0.2, -0.15) is 5.26 Å². The van der Waals surface area contributed by atoms with Crippen LogP contribution in [-0.4, -0.2) is 5.11 Å². The van der Waals surface area contributed by atoms with Crippen LogP contribution in [0.1, 0.15) is 16.7 Å². The predicted molar refractivity (Wildman–Crippen MR) is 73.0 cm³/mol. The molecule has 0 atom stereocenters. The number of rotatable bonds is 4. The maximum atomic E-state index is 13.2. The molecule has 2 aromatic rings. The van der Waals surface area contributed by atoms with Crippen molar-refractivity contribution in [1.82, 2.24) is 0 Å². The molecule has 0 spiro atoms. The average molecular weight is 273 g/mol. The lowest BCUT2D eigenvalue weighted by Gasteiger charge is -2.04. The van der Waals surface area contributed by atoms with Crippen LogP contribution in [-0.2, 0) is 12.4 Å². The summed E-state index contributed by atoms with van der Waals surface area (Å²) in [7, 11) is 0. The van der Waals surface area contributed by atoms with Gasteiger partial charge in [-0.25, -0.2) is 4.39 Å². The molecule has 0 radical (unpaired) electrons. The van der Waals surface area contributed by atoms with E-state index in [9.17, 15) is 4.39 Å². The first-order valence-corrected chi connectivity index (χ1v) is 6.72. The fourth-order valence-corrected chi connectivity index (χ4v) is 2.57.